The molecule has 172 valence electrons. The molecule has 2 aliphatic rings. The van der Waals surface area contributed by atoms with E-state index in [1.807, 2.05) is 6.92 Å². The number of hydrogen-bond donors (Lipinski definition) is 4. The Morgan fingerprint density at radius 1 is 1.23 bits per heavy atom. The highest BCUT2D eigenvalue weighted by Crippen LogP contribution is 2.40. The Labute approximate surface area is 180 Å². The molecule has 1 saturated heterocycles. The van der Waals surface area contributed by atoms with Crippen molar-refractivity contribution in [2.24, 2.45) is 5.41 Å². The molecular weight excluding hydrogens is 384 g/mol. The van der Waals surface area contributed by atoms with E-state index in [0.29, 0.717) is 6.42 Å². The SMILES string of the molecule is CC1=C(/C=C/C(C)=C/CCC(C)OC2O[C@H](CO)[C@@H](O)C(O)[C@H]2O)C(C)(C)CCC1. The molecule has 30 heavy (non-hydrogen) atoms. The van der Waals surface area contributed by atoms with Gasteiger partial charge in [0.1, 0.15) is 24.4 Å². The fraction of sp³-hybridized carbons (Fsp3) is 0.750. The van der Waals surface area contributed by atoms with E-state index < -0.39 is 37.3 Å². The van der Waals surface area contributed by atoms with E-state index >= 15 is 0 Å². The van der Waals surface area contributed by atoms with Crippen molar-refractivity contribution in [3.63, 3.8) is 0 Å². The number of aliphatic hydroxyl groups is 4. The van der Waals surface area contributed by atoms with E-state index in [2.05, 4.69) is 45.9 Å². The first-order valence-corrected chi connectivity index (χ1v) is 11.1. The highest BCUT2D eigenvalue weighted by Gasteiger charge is 2.44. The van der Waals surface area contributed by atoms with Crippen LogP contribution in [0, 0.1) is 5.41 Å². The summed E-state index contributed by atoms with van der Waals surface area (Å²) in [5.41, 5.74) is 4.35. The molecule has 4 N–H and O–H groups in total. The van der Waals surface area contributed by atoms with Gasteiger partial charge in [0, 0.05) is 0 Å². The Balaban J connectivity index is 1.86. The molecule has 0 aromatic heterocycles. The molecule has 2 rings (SSSR count). The van der Waals surface area contributed by atoms with Crippen molar-refractivity contribution in [2.75, 3.05) is 6.61 Å². The van der Waals surface area contributed by atoms with Gasteiger partial charge in [-0.1, -0.05) is 43.2 Å². The molecule has 0 spiro atoms. The van der Waals surface area contributed by atoms with Crippen LogP contribution in [0.25, 0.3) is 0 Å². The molecule has 0 radical (unpaired) electrons. The summed E-state index contributed by atoms with van der Waals surface area (Å²) in [4.78, 5) is 0. The normalized spacial score (nSPS) is 33.9. The highest BCUT2D eigenvalue weighted by atomic mass is 16.7. The predicted molar refractivity (Wildman–Crippen MR) is 117 cm³/mol. The average Bonchev–Trinajstić information content (AvgIpc) is 2.67. The van der Waals surface area contributed by atoms with Crippen LogP contribution >= 0.6 is 0 Å². The molecule has 1 fully saturated rings. The topological polar surface area (TPSA) is 99.4 Å². The van der Waals surface area contributed by atoms with Crippen LogP contribution < -0.4 is 0 Å². The zero-order valence-corrected chi connectivity index (χ0v) is 19.0. The maximum Gasteiger partial charge on any atom is 0.186 e. The third-order valence-corrected chi connectivity index (χ3v) is 6.31. The molecule has 0 amide bonds. The van der Waals surface area contributed by atoms with Crippen molar-refractivity contribution in [1.29, 1.82) is 0 Å². The smallest absolute Gasteiger partial charge is 0.186 e. The number of rotatable bonds is 8. The number of ether oxygens (including phenoxy) is 2. The van der Waals surface area contributed by atoms with Crippen molar-refractivity contribution >= 4 is 0 Å². The zero-order chi connectivity index (χ0) is 22.5. The first-order valence-electron chi connectivity index (χ1n) is 11.1. The summed E-state index contributed by atoms with van der Waals surface area (Å²) in [7, 11) is 0. The van der Waals surface area contributed by atoms with Gasteiger partial charge in [0.2, 0.25) is 0 Å². The standard InChI is InChI=1S/C24H40O6/c1-15(11-12-18-16(2)9-7-13-24(18,4)5)8-6-10-17(3)29-23-22(28)21(27)20(26)19(14-25)30-23/h8,11-12,17,19-23,25-28H,6-7,9-10,13-14H2,1-5H3/b12-11+,15-8+/t17?,19-,20-,21?,22-,23?/m1/s1. The maximum atomic E-state index is 10.1. The monoisotopic (exact) mass is 424 g/mol. The fourth-order valence-corrected chi connectivity index (χ4v) is 4.32. The van der Waals surface area contributed by atoms with Gasteiger partial charge in [0.25, 0.3) is 0 Å². The summed E-state index contributed by atoms with van der Waals surface area (Å²) in [6.45, 7) is 10.4. The van der Waals surface area contributed by atoms with Crippen LogP contribution in [0.3, 0.4) is 0 Å². The molecule has 0 aromatic rings. The average molecular weight is 425 g/mol. The second-order valence-corrected chi connectivity index (χ2v) is 9.43. The van der Waals surface area contributed by atoms with Gasteiger partial charge < -0.3 is 29.9 Å². The second-order valence-electron chi connectivity index (χ2n) is 9.43. The molecule has 0 bridgehead atoms. The van der Waals surface area contributed by atoms with Gasteiger partial charge >= 0.3 is 0 Å². The number of allylic oxidation sites excluding steroid dienone is 6. The Morgan fingerprint density at radius 3 is 2.57 bits per heavy atom. The molecule has 6 heteroatoms. The summed E-state index contributed by atoms with van der Waals surface area (Å²) >= 11 is 0. The van der Waals surface area contributed by atoms with Gasteiger partial charge in [0.15, 0.2) is 6.29 Å². The van der Waals surface area contributed by atoms with Crippen LogP contribution in [0.15, 0.2) is 34.9 Å². The molecular formula is C24H40O6. The molecule has 0 saturated carbocycles. The minimum absolute atomic E-state index is 0.221. The van der Waals surface area contributed by atoms with E-state index in [9.17, 15) is 20.4 Å². The molecule has 1 aliphatic carbocycles. The first-order chi connectivity index (χ1) is 14.1. The summed E-state index contributed by atoms with van der Waals surface area (Å²) in [6.07, 6.45) is 5.38. The van der Waals surface area contributed by atoms with Gasteiger partial charge in [-0.3, -0.25) is 0 Å². The van der Waals surface area contributed by atoms with Crippen molar-refractivity contribution in [2.45, 2.75) is 104 Å². The molecule has 1 heterocycles. The number of aliphatic hydroxyl groups excluding tert-OH is 4. The third-order valence-electron chi connectivity index (χ3n) is 6.31. The van der Waals surface area contributed by atoms with E-state index in [-0.39, 0.29) is 11.5 Å². The van der Waals surface area contributed by atoms with E-state index in [4.69, 9.17) is 9.47 Å². The van der Waals surface area contributed by atoms with Crippen molar-refractivity contribution in [1.82, 2.24) is 0 Å². The van der Waals surface area contributed by atoms with E-state index in [0.717, 1.165) is 6.42 Å². The molecule has 0 aromatic carbocycles. The predicted octanol–water partition coefficient (Wildman–Crippen LogP) is 3.00. The van der Waals surface area contributed by atoms with Gasteiger partial charge in [-0.15, -0.1) is 0 Å². The number of hydrogen-bond acceptors (Lipinski definition) is 6. The fourth-order valence-electron chi connectivity index (χ4n) is 4.32. The van der Waals surface area contributed by atoms with E-state index in [1.54, 1.807) is 0 Å². The lowest BCUT2D eigenvalue weighted by atomic mass is 9.72. The van der Waals surface area contributed by atoms with Crippen molar-refractivity contribution < 1.29 is 29.9 Å². The molecule has 6 atom stereocenters. The highest BCUT2D eigenvalue weighted by molar-refractivity contribution is 5.35. The summed E-state index contributed by atoms with van der Waals surface area (Å²) in [5, 5.41) is 39.0. The minimum Gasteiger partial charge on any atom is -0.394 e. The van der Waals surface area contributed by atoms with Crippen LogP contribution in [0.1, 0.15) is 66.7 Å². The lowest BCUT2D eigenvalue weighted by Gasteiger charge is -2.40. The van der Waals surface area contributed by atoms with Crippen LogP contribution in [0.5, 0.6) is 0 Å². The van der Waals surface area contributed by atoms with Crippen molar-refractivity contribution in [3.05, 3.63) is 34.9 Å². The first kappa shape index (κ1) is 25.2. The van der Waals surface area contributed by atoms with Gasteiger partial charge in [-0.25, -0.2) is 0 Å². The van der Waals surface area contributed by atoms with Gasteiger partial charge in [-0.2, -0.15) is 0 Å². The Bertz CT molecular complexity index is 648. The summed E-state index contributed by atoms with van der Waals surface area (Å²) in [5.74, 6) is 0. The Hall–Kier alpha value is -1.02. The van der Waals surface area contributed by atoms with E-state index in [1.165, 1.54) is 36.0 Å². The summed E-state index contributed by atoms with van der Waals surface area (Å²) in [6, 6.07) is 0. The zero-order valence-electron chi connectivity index (χ0n) is 19.0. The molecule has 6 nitrogen and oxygen atoms in total. The molecule has 3 unspecified atom stereocenters. The summed E-state index contributed by atoms with van der Waals surface area (Å²) < 4.78 is 11.1. The largest absolute Gasteiger partial charge is 0.394 e. The van der Waals surface area contributed by atoms with Gasteiger partial charge in [-0.05, 0) is 63.9 Å². The lowest BCUT2D eigenvalue weighted by Crippen LogP contribution is -2.59. The second kappa shape index (κ2) is 11.0. The minimum atomic E-state index is -1.41. The Morgan fingerprint density at radius 2 is 1.93 bits per heavy atom. The van der Waals surface area contributed by atoms with Crippen LogP contribution in [-0.4, -0.2) is 63.8 Å². The maximum absolute atomic E-state index is 10.1. The van der Waals surface area contributed by atoms with Crippen LogP contribution in [0.2, 0.25) is 0 Å². The lowest BCUT2D eigenvalue weighted by molar-refractivity contribution is -0.310. The van der Waals surface area contributed by atoms with Gasteiger partial charge in [0.05, 0.1) is 12.7 Å². The molecule has 1 aliphatic heterocycles. The van der Waals surface area contributed by atoms with Crippen molar-refractivity contribution in [3.8, 4) is 0 Å². The Kier molecular flexibility index (Phi) is 9.28. The van der Waals surface area contributed by atoms with Crippen LogP contribution in [0.4, 0.5) is 0 Å². The van der Waals surface area contributed by atoms with Crippen LogP contribution in [-0.2, 0) is 9.47 Å². The quantitative estimate of drug-likeness (QED) is 0.447. The third kappa shape index (κ3) is 6.49.